The molecule has 1 aromatic heterocycles. The number of rotatable bonds is 7. The minimum absolute atomic E-state index is 0.156. The molecule has 2 N–H and O–H groups in total. The highest BCUT2D eigenvalue weighted by atomic mass is 19.1. The number of hydrogen-bond acceptors (Lipinski definition) is 4. The summed E-state index contributed by atoms with van der Waals surface area (Å²) < 4.78 is 18.6. The number of pyridine rings is 1. The number of carbonyl (C=O) groups is 1. The number of anilines is 1. The first-order valence-electron chi connectivity index (χ1n) is 11.2. The van der Waals surface area contributed by atoms with Gasteiger partial charge >= 0.3 is 6.03 Å². The van der Waals surface area contributed by atoms with Crippen molar-refractivity contribution >= 4 is 22.6 Å². The first-order valence-corrected chi connectivity index (χ1v) is 11.2. The molecule has 3 aromatic rings. The van der Waals surface area contributed by atoms with E-state index >= 15 is 0 Å². The van der Waals surface area contributed by atoms with E-state index in [4.69, 9.17) is 4.74 Å². The number of nitrogens with one attached hydrogen (secondary N) is 2. The molecule has 1 aliphatic heterocycles. The van der Waals surface area contributed by atoms with Crippen LogP contribution in [0.5, 0.6) is 5.75 Å². The molecule has 8 heteroatoms. The average molecular weight is 453 g/mol. The summed E-state index contributed by atoms with van der Waals surface area (Å²) in [6.45, 7) is 4.68. The maximum absolute atomic E-state index is 13.3. The van der Waals surface area contributed by atoms with Crippen molar-refractivity contribution in [1.82, 2.24) is 14.8 Å². The van der Waals surface area contributed by atoms with Crippen molar-refractivity contribution < 1.29 is 13.9 Å². The van der Waals surface area contributed by atoms with E-state index in [-0.39, 0.29) is 30.0 Å². The molecule has 0 spiro atoms. The lowest BCUT2D eigenvalue weighted by atomic mass is 10.1. The molecule has 1 saturated heterocycles. The van der Waals surface area contributed by atoms with Gasteiger partial charge in [0.2, 0.25) is 0 Å². The molecule has 0 saturated carbocycles. The minimum Gasteiger partial charge on any atom is -0.497 e. The Morgan fingerprint density at radius 1 is 1.24 bits per heavy atom. The Labute approximate surface area is 192 Å². The van der Waals surface area contributed by atoms with Crippen LogP contribution in [0.1, 0.15) is 25.3 Å². The third-order valence-corrected chi connectivity index (χ3v) is 6.21. The van der Waals surface area contributed by atoms with Crippen LogP contribution in [-0.4, -0.2) is 53.6 Å². The fourth-order valence-electron chi connectivity index (χ4n) is 4.41. The Balaban J connectivity index is 1.62. The Morgan fingerprint density at radius 2 is 2.03 bits per heavy atom. The summed E-state index contributed by atoms with van der Waals surface area (Å²) in [6.07, 6.45) is 2.09. The zero-order chi connectivity index (χ0) is 23.4. The number of aromatic nitrogens is 1. The molecule has 1 aliphatic rings. The second kappa shape index (κ2) is 10.0. The number of benzene rings is 2. The summed E-state index contributed by atoms with van der Waals surface area (Å²) >= 11 is 0. The third-order valence-electron chi connectivity index (χ3n) is 6.21. The van der Waals surface area contributed by atoms with Crippen molar-refractivity contribution in [3.05, 3.63) is 70.3 Å². The van der Waals surface area contributed by atoms with Gasteiger partial charge in [-0.3, -0.25) is 9.69 Å². The van der Waals surface area contributed by atoms with Gasteiger partial charge in [-0.1, -0.05) is 6.92 Å². The normalized spacial score (nSPS) is 16.2. The summed E-state index contributed by atoms with van der Waals surface area (Å²) in [5, 5.41) is 3.67. The Kier molecular flexibility index (Phi) is 6.93. The molecule has 1 atom stereocenters. The molecule has 2 amide bonds. The lowest BCUT2D eigenvalue weighted by Gasteiger charge is -2.30. The van der Waals surface area contributed by atoms with Crippen molar-refractivity contribution in [2.45, 2.75) is 32.4 Å². The Bertz CT molecular complexity index is 1180. The van der Waals surface area contributed by atoms with Crippen LogP contribution in [0.2, 0.25) is 0 Å². The predicted molar refractivity (Wildman–Crippen MR) is 127 cm³/mol. The van der Waals surface area contributed by atoms with Crippen molar-refractivity contribution in [2.24, 2.45) is 0 Å². The standard InChI is InChI=1S/C25H29FN4O3/c1-3-29-12-4-5-21(29)16-30(25(32)27-20-8-6-19(26)7-9-20)15-18-13-17-14-22(33-2)10-11-23(17)28-24(18)31/h6-11,13-14,21H,3-5,12,15-16H2,1-2H3,(H,27,32)(H,28,31)/t21-/m1/s1. The molecule has 2 heterocycles. The van der Waals surface area contributed by atoms with Crippen LogP contribution in [0.4, 0.5) is 14.9 Å². The average Bonchev–Trinajstić information content (AvgIpc) is 3.27. The molecule has 33 heavy (non-hydrogen) atoms. The van der Waals surface area contributed by atoms with E-state index in [1.54, 1.807) is 30.2 Å². The largest absolute Gasteiger partial charge is 0.497 e. The van der Waals surface area contributed by atoms with Gasteiger partial charge in [-0.2, -0.15) is 0 Å². The highest BCUT2D eigenvalue weighted by molar-refractivity contribution is 5.89. The van der Waals surface area contributed by atoms with Gasteiger partial charge in [-0.25, -0.2) is 9.18 Å². The number of methoxy groups -OCH3 is 1. The Hall–Kier alpha value is -3.39. The quantitative estimate of drug-likeness (QED) is 0.563. The lowest BCUT2D eigenvalue weighted by Crippen LogP contribution is -2.45. The fraction of sp³-hybridized carbons (Fsp3) is 0.360. The molecular formula is C25H29FN4O3. The number of hydrogen-bond donors (Lipinski definition) is 2. The topological polar surface area (TPSA) is 77.7 Å². The highest BCUT2D eigenvalue weighted by Gasteiger charge is 2.28. The van der Waals surface area contributed by atoms with E-state index in [2.05, 4.69) is 22.1 Å². The molecule has 0 bridgehead atoms. The lowest BCUT2D eigenvalue weighted by molar-refractivity contribution is 0.174. The monoisotopic (exact) mass is 452 g/mol. The van der Waals surface area contributed by atoms with E-state index in [1.165, 1.54) is 24.3 Å². The van der Waals surface area contributed by atoms with Crippen molar-refractivity contribution in [3.8, 4) is 5.75 Å². The molecule has 0 unspecified atom stereocenters. The summed E-state index contributed by atoms with van der Waals surface area (Å²) in [4.78, 5) is 33.0. The first-order chi connectivity index (χ1) is 16.0. The minimum atomic E-state index is -0.368. The molecule has 0 aliphatic carbocycles. The van der Waals surface area contributed by atoms with Crippen LogP contribution >= 0.6 is 0 Å². The number of amides is 2. The zero-order valence-corrected chi connectivity index (χ0v) is 18.9. The molecular weight excluding hydrogens is 423 g/mol. The predicted octanol–water partition coefficient (Wildman–Crippen LogP) is 4.19. The Morgan fingerprint density at radius 3 is 2.76 bits per heavy atom. The van der Waals surface area contributed by atoms with Gasteiger partial charge in [0.15, 0.2) is 0 Å². The van der Waals surface area contributed by atoms with Gasteiger partial charge in [-0.15, -0.1) is 0 Å². The summed E-state index contributed by atoms with van der Waals surface area (Å²) in [7, 11) is 1.59. The van der Waals surface area contributed by atoms with E-state index in [1.807, 2.05) is 6.07 Å². The number of carbonyl (C=O) groups excluding carboxylic acids is 1. The van der Waals surface area contributed by atoms with E-state index in [0.717, 1.165) is 31.3 Å². The number of H-pyrrole nitrogens is 1. The van der Waals surface area contributed by atoms with Crippen molar-refractivity contribution in [2.75, 3.05) is 32.1 Å². The third kappa shape index (κ3) is 5.34. The van der Waals surface area contributed by atoms with Crippen LogP contribution < -0.4 is 15.6 Å². The summed E-state index contributed by atoms with van der Waals surface area (Å²) in [5.74, 6) is 0.323. The van der Waals surface area contributed by atoms with Gasteiger partial charge in [-0.05, 0) is 74.5 Å². The number of halogens is 1. The number of urea groups is 1. The van der Waals surface area contributed by atoms with E-state index < -0.39 is 0 Å². The van der Waals surface area contributed by atoms with Crippen LogP contribution in [0.3, 0.4) is 0 Å². The van der Waals surface area contributed by atoms with Gasteiger partial charge < -0.3 is 19.9 Å². The van der Waals surface area contributed by atoms with Gasteiger partial charge in [0, 0.05) is 34.7 Å². The number of nitrogens with zero attached hydrogens (tertiary/aromatic N) is 2. The van der Waals surface area contributed by atoms with Crippen molar-refractivity contribution in [1.29, 1.82) is 0 Å². The maximum Gasteiger partial charge on any atom is 0.322 e. The molecule has 0 radical (unpaired) electrons. The number of aromatic amines is 1. The SMILES string of the molecule is CCN1CCC[C@@H]1CN(Cc1cc2cc(OC)ccc2[nH]c1=O)C(=O)Nc1ccc(F)cc1. The van der Waals surface area contributed by atoms with Crippen molar-refractivity contribution in [3.63, 3.8) is 0 Å². The van der Waals surface area contributed by atoms with E-state index in [9.17, 15) is 14.0 Å². The van der Waals surface area contributed by atoms with Gasteiger partial charge in [0.05, 0.1) is 13.7 Å². The van der Waals surface area contributed by atoms with E-state index in [0.29, 0.717) is 29.1 Å². The van der Waals surface area contributed by atoms with Gasteiger partial charge in [0.1, 0.15) is 11.6 Å². The summed E-state index contributed by atoms with van der Waals surface area (Å²) in [5.41, 5.74) is 1.47. The second-order valence-corrected chi connectivity index (χ2v) is 8.32. The fourth-order valence-corrected chi connectivity index (χ4v) is 4.41. The maximum atomic E-state index is 13.3. The van der Waals surface area contributed by atoms with Gasteiger partial charge in [0.25, 0.3) is 5.56 Å². The summed E-state index contributed by atoms with van der Waals surface area (Å²) in [6, 6.07) is 12.8. The highest BCUT2D eigenvalue weighted by Crippen LogP contribution is 2.22. The first kappa shape index (κ1) is 22.8. The number of fused-ring (bicyclic) bond motifs is 1. The second-order valence-electron chi connectivity index (χ2n) is 8.32. The van der Waals surface area contributed by atoms with Crippen LogP contribution in [0, 0.1) is 5.82 Å². The number of likely N-dealkylation sites (tertiary alicyclic amines) is 1. The molecule has 1 fully saturated rings. The van der Waals surface area contributed by atoms with Crippen LogP contribution in [0.15, 0.2) is 53.3 Å². The molecule has 2 aromatic carbocycles. The smallest absolute Gasteiger partial charge is 0.322 e. The number of ether oxygens (including phenoxy) is 1. The molecule has 7 nitrogen and oxygen atoms in total. The molecule has 174 valence electrons. The van der Waals surface area contributed by atoms with Crippen LogP contribution in [-0.2, 0) is 6.54 Å². The molecule has 4 rings (SSSR count). The zero-order valence-electron chi connectivity index (χ0n) is 18.9. The number of likely N-dealkylation sites (N-methyl/N-ethyl adjacent to an activating group) is 1. The van der Waals surface area contributed by atoms with Crippen LogP contribution in [0.25, 0.3) is 10.9 Å².